The Morgan fingerprint density at radius 1 is 0.708 bits per heavy atom. The lowest BCUT2D eigenvalue weighted by atomic mass is 10.00. The second-order valence-corrected chi connectivity index (χ2v) is 5.71. The van der Waals surface area contributed by atoms with Crippen LogP contribution < -0.4 is 0 Å². The van der Waals surface area contributed by atoms with Crippen LogP contribution in [0.2, 0.25) is 0 Å². The summed E-state index contributed by atoms with van der Waals surface area (Å²) in [4.78, 5) is 12.8. The first-order chi connectivity index (χ1) is 11.8. The molecule has 0 aliphatic carbocycles. The molecular formula is C22H20O2. The fourth-order valence-electron chi connectivity index (χ4n) is 2.61. The van der Waals surface area contributed by atoms with Gasteiger partial charge >= 0.3 is 0 Å². The number of benzene rings is 3. The molecule has 3 aromatic rings. The lowest BCUT2D eigenvalue weighted by Gasteiger charge is -2.17. The highest BCUT2D eigenvalue weighted by Crippen LogP contribution is 2.14. The lowest BCUT2D eigenvalue weighted by molar-refractivity contribution is 0.0342. The van der Waals surface area contributed by atoms with E-state index >= 15 is 0 Å². The molecule has 1 atom stereocenters. The van der Waals surface area contributed by atoms with Crippen molar-refractivity contribution in [1.29, 1.82) is 0 Å². The summed E-state index contributed by atoms with van der Waals surface area (Å²) in [6.45, 7) is 0.427. The monoisotopic (exact) mass is 316 g/mol. The SMILES string of the molecule is O=C(c1ccccc1)[C@H](Cc1ccccc1)OCc1ccccc1. The van der Waals surface area contributed by atoms with Gasteiger partial charge in [-0.05, 0) is 11.1 Å². The summed E-state index contributed by atoms with van der Waals surface area (Å²) < 4.78 is 6.00. The van der Waals surface area contributed by atoms with Gasteiger partial charge in [-0.15, -0.1) is 0 Å². The molecule has 0 saturated heterocycles. The Labute approximate surface area is 142 Å². The third kappa shape index (κ3) is 4.40. The Hall–Kier alpha value is -2.71. The zero-order valence-corrected chi connectivity index (χ0v) is 13.5. The van der Waals surface area contributed by atoms with Crippen molar-refractivity contribution in [2.75, 3.05) is 0 Å². The Balaban J connectivity index is 1.76. The van der Waals surface area contributed by atoms with Crippen molar-refractivity contribution in [1.82, 2.24) is 0 Å². The minimum Gasteiger partial charge on any atom is -0.365 e. The number of hydrogen-bond donors (Lipinski definition) is 0. The van der Waals surface area contributed by atoms with Gasteiger partial charge in [0, 0.05) is 12.0 Å². The lowest BCUT2D eigenvalue weighted by Crippen LogP contribution is -2.27. The van der Waals surface area contributed by atoms with Crippen LogP contribution in [0.15, 0.2) is 91.0 Å². The van der Waals surface area contributed by atoms with Crippen LogP contribution in [0.1, 0.15) is 21.5 Å². The molecule has 3 aromatic carbocycles. The van der Waals surface area contributed by atoms with E-state index in [1.807, 2.05) is 91.0 Å². The first kappa shape index (κ1) is 16.2. The predicted octanol–water partition coefficient (Wildman–Crippen LogP) is 4.70. The van der Waals surface area contributed by atoms with Crippen molar-refractivity contribution >= 4 is 5.78 Å². The van der Waals surface area contributed by atoms with Crippen LogP contribution in [-0.2, 0) is 17.8 Å². The molecule has 0 amide bonds. The van der Waals surface area contributed by atoms with E-state index < -0.39 is 6.10 Å². The van der Waals surface area contributed by atoms with E-state index in [2.05, 4.69) is 0 Å². The Morgan fingerprint density at radius 3 is 1.79 bits per heavy atom. The standard InChI is InChI=1S/C22H20O2/c23-22(20-14-8-3-9-15-20)21(16-18-10-4-1-5-11-18)24-17-19-12-6-2-7-13-19/h1-15,21H,16-17H2/t21-/m0/s1. The van der Waals surface area contributed by atoms with Crippen molar-refractivity contribution in [3.05, 3.63) is 108 Å². The third-order valence-corrected chi connectivity index (χ3v) is 3.91. The summed E-state index contributed by atoms with van der Waals surface area (Å²) in [5, 5.41) is 0. The van der Waals surface area contributed by atoms with Crippen LogP contribution in [0.25, 0.3) is 0 Å². The summed E-state index contributed by atoms with van der Waals surface area (Å²) in [6, 6.07) is 29.3. The minimum absolute atomic E-state index is 0.0235. The van der Waals surface area contributed by atoms with E-state index in [1.165, 1.54) is 0 Å². The second kappa shape index (κ2) is 8.23. The number of hydrogen-bond acceptors (Lipinski definition) is 2. The van der Waals surface area contributed by atoms with Crippen LogP contribution in [0.4, 0.5) is 0 Å². The molecule has 0 N–H and O–H groups in total. The van der Waals surface area contributed by atoms with Gasteiger partial charge < -0.3 is 4.74 Å². The van der Waals surface area contributed by atoms with Crippen molar-refractivity contribution in [3.63, 3.8) is 0 Å². The van der Waals surface area contributed by atoms with Gasteiger partial charge in [0.2, 0.25) is 0 Å². The van der Waals surface area contributed by atoms with Crippen LogP contribution in [0, 0.1) is 0 Å². The van der Waals surface area contributed by atoms with E-state index in [4.69, 9.17) is 4.74 Å². The van der Waals surface area contributed by atoms with Crippen LogP contribution in [0.5, 0.6) is 0 Å². The van der Waals surface area contributed by atoms with E-state index in [0.29, 0.717) is 18.6 Å². The molecule has 0 aliphatic heterocycles. The summed E-state index contributed by atoms with van der Waals surface area (Å²) >= 11 is 0. The minimum atomic E-state index is -0.491. The summed E-state index contributed by atoms with van der Waals surface area (Å²) in [5.41, 5.74) is 2.85. The summed E-state index contributed by atoms with van der Waals surface area (Å²) in [7, 11) is 0. The van der Waals surface area contributed by atoms with Crippen molar-refractivity contribution in [3.8, 4) is 0 Å². The smallest absolute Gasteiger partial charge is 0.191 e. The molecule has 0 radical (unpaired) electrons. The van der Waals surface area contributed by atoms with E-state index in [9.17, 15) is 4.79 Å². The molecule has 0 spiro atoms. The highest BCUT2D eigenvalue weighted by molar-refractivity contribution is 5.99. The van der Waals surface area contributed by atoms with Crippen molar-refractivity contribution < 1.29 is 9.53 Å². The first-order valence-corrected chi connectivity index (χ1v) is 8.11. The second-order valence-electron chi connectivity index (χ2n) is 5.71. The van der Waals surface area contributed by atoms with Crippen molar-refractivity contribution in [2.24, 2.45) is 0 Å². The van der Waals surface area contributed by atoms with Gasteiger partial charge in [-0.2, -0.15) is 0 Å². The normalized spacial score (nSPS) is 11.8. The average molecular weight is 316 g/mol. The maximum absolute atomic E-state index is 12.8. The van der Waals surface area contributed by atoms with Gasteiger partial charge in [0.1, 0.15) is 6.10 Å². The van der Waals surface area contributed by atoms with Gasteiger partial charge in [-0.1, -0.05) is 91.0 Å². The number of Topliss-reactive ketones (excluding diaryl/α,β-unsaturated/α-hetero) is 1. The molecule has 3 rings (SSSR count). The Morgan fingerprint density at radius 2 is 1.21 bits per heavy atom. The molecule has 0 fully saturated rings. The van der Waals surface area contributed by atoms with Gasteiger partial charge in [0.15, 0.2) is 5.78 Å². The molecule has 0 unspecified atom stereocenters. The molecule has 0 aliphatic rings. The molecule has 120 valence electrons. The van der Waals surface area contributed by atoms with Gasteiger partial charge in [0.25, 0.3) is 0 Å². The third-order valence-electron chi connectivity index (χ3n) is 3.91. The predicted molar refractivity (Wildman–Crippen MR) is 95.9 cm³/mol. The van der Waals surface area contributed by atoms with Crippen LogP contribution >= 0.6 is 0 Å². The van der Waals surface area contributed by atoms with Gasteiger partial charge in [0.05, 0.1) is 6.61 Å². The zero-order valence-electron chi connectivity index (χ0n) is 13.5. The molecule has 24 heavy (non-hydrogen) atoms. The first-order valence-electron chi connectivity index (χ1n) is 8.11. The summed E-state index contributed by atoms with van der Waals surface area (Å²) in [5.74, 6) is 0.0235. The number of rotatable bonds is 7. The maximum Gasteiger partial charge on any atom is 0.191 e. The average Bonchev–Trinajstić information content (AvgIpc) is 2.67. The fourth-order valence-corrected chi connectivity index (χ4v) is 2.61. The van der Waals surface area contributed by atoms with E-state index in [0.717, 1.165) is 11.1 Å². The fraction of sp³-hybridized carbons (Fsp3) is 0.136. The Bertz CT molecular complexity index is 752. The number of carbonyl (C=O) groups excluding carboxylic acids is 1. The van der Waals surface area contributed by atoms with Crippen LogP contribution in [0.3, 0.4) is 0 Å². The molecule has 0 saturated carbocycles. The zero-order chi connectivity index (χ0) is 16.6. The van der Waals surface area contributed by atoms with E-state index in [1.54, 1.807) is 0 Å². The number of carbonyl (C=O) groups is 1. The van der Waals surface area contributed by atoms with E-state index in [-0.39, 0.29) is 5.78 Å². The number of ether oxygens (including phenoxy) is 1. The van der Waals surface area contributed by atoms with Gasteiger partial charge in [-0.3, -0.25) is 4.79 Å². The molecule has 0 aromatic heterocycles. The highest BCUT2D eigenvalue weighted by Gasteiger charge is 2.21. The molecule has 0 bridgehead atoms. The highest BCUT2D eigenvalue weighted by atomic mass is 16.5. The summed E-state index contributed by atoms with van der Waals surface area (Å²) in [6.07, 6.45) is 0.0801. The molecular weight excluding hydrogens is 296 g/mol. The Kier molecular flexibility index (Phi) is 5.54. The van der Waals surface area contributed by atoms with Crippen molar-refractivity contribution in [2.45, 2.75) is 19.1 Å². The maximum atomic E-state index is 12.8. The van der Waals surface area contributed by atoms with Crippen LogP contribution in [-0.4, -0.2) is 11.9 Å². The molecule has 2 heteroatoms. The largest absolute Gasteiger partial charge is 0.365 e. The quantitative estimate of drug-likeness (QED) is 0.591. The molecule has 0 heterocycles. The topological polar surface area (TPSA) is 26.3 Å². The number of ketones is 1. The van der Waals surface area contributed by atoms with Gasteiger partial charge in [-0.25, -0.2) is 0 Å². The molecule has 2 nitrogen and oxygen atoms in total.